The number of fused-ring (bicyclic) bond motifs is 1. The van der Waals surface area contributed by atoms with Crippen LogP contribution in [-0.4, -0.2) is 47.6 Å². The number of thioether (sulfide) groups is 1. The van der Waals surface area contributed by atoms with Crippen molar-refractivity contribution < 1.29 is 14.4 Å². The quantitative estimate of drug-likeness (QED) is 0.158. The van der Waals surface area contributed by atoms with Crippen LogP contribution in [0.1, 0.15) is 54.2 Å². The lowest BCUT2D eigenvalue weighted by Gasteiger charge is -2.26. The van der Waals surface area contributed by atoms with Gasteiger partial charge in [0.05, 0.1) is 17.2 Å². The van der Waals surface area contributed by atoms with E-state index >= 15 is 0 Å². The van der Waals surface area contributed by atoms with Crippen LogP contribution in [0, 0.1) is 10.1 Å². The van der Waals surface area contributed by atoms with Crippen LogP contribution >= 0.6 is 11.8 Å². The van der Waals surface area contributed by atoms with Crippen LogP contribution in [0.15, 0.2) is 52.8 Å². The largest absolute Gasteiger partial charge is 0.464 e. The molecule has 2 aromatic rings. The van der Waals surface area contributed by atoms with Crippen LogP contribution < -0.4 is 10.6 Å². The molecule has 8 nitrogen and oxygen atoms in total. The number of hydrogen-bond donors (Lipinski definition) is 3. The second kappa shape index (κ2) is 13.4. The molecular weight excluding hydrogens is 452 g/mol. The number of furan rings is 1. The van der Waals surface area contributed by atoms with Crippen molar-refractivity contribution in [2.24, 2.45) is 0 Å². The highest BCUT2D eigenvalue weighted by Crippen LogP contribution is 2.34. The zero-order valence-electron chi connectivity index (χ0n) is 20.0. The number of benzene rings is 1. The van der Waals surface area contributed by atoms with E-state index in [0.29, 0.717) is 18.9 Å². The van der Waals surface area contributed by atoms with E-state index in [4.69, 9.17) is 4.42 Å². The second-order valence-electron chi connectivity index (χ2n) is 8.94. The molecule has 0 fully saturated rings. The van der Waals surface area contributed by atoms with E-state index in [1.807, 2.05) is 26.2 Å². The molecule has 0 aliphatic heterocycles. The molecule has 0 amide bonds. The number of hydrogen-bond acceptors (Lipinski definition) is 8. The lowest BCUT2D eigenvalue weighted by Crippen LogP contribution is -2.36. The van der Waals surface area contributed by atoms with Gasteiger partial charge in [0, 0.05) is 12.3 Å². The average molecular weight is 489 g/mol. The summed E-state index contributed by atoms with van der Waals surface area (Å²) >= 11 is 1.68. The minimum atomic E-state index is -0.848. The SMILES string of the molecule is CN(C)Cc1ccc(CSCCNC(=C[N+](=O)[O-])NC(O)CCC2CCCc3ccccc32)o1. The van der Waals surface area contributed by atoms with E-state index in [1.54, 1.807) is 11.8 Å². The summed E-state index contributed by atoms with van der Waals surface area (Å²) in [5, 5.41) is 27.4. The summed E-state index contributed by atoms with van der Waals surface area (Å²) in [6.45, 7) is 1.30. The van der Waals surface area contributed by atoms with Crippen molar-refractivity contribution in [2.45, 2.75) is 56.5 Å². The van der Waals surface area contributed by atoms with E-state index in [2.05, 4.69) is 39.8 Å². The van der Waals surface area contributed by atoms with Gasteiger partial charge in [-0.05, 0) is 75.4 Å². The third-order valence-corrected chi connectivity index (χ3v) is 6.82. The van der Waals surface area contributed by atoms with Gasteiger partial charge < -0.3 is 25.1 Å². The monoisotopic (exact) mass is 488 g/mol. The Morgan fingerprint density at radius 1 is 1.32 bits per heavy atom. The molecule has 34 heavy (non-hydrogen) atoms. The molecule has 0 radical (unpaired) electrons. The highest BCUT2D eigenvalue weighted by Gasteiger charge is 2.21. The molecule has 1 aromatic heterocycles. The van der Waals surface area contributed by atoms with Crippen LogP contribution in [0.2, 0.25) is 0 Å². The summed E-state index contributed by atoms with van der Waals surface area (Å²) in [7, 11) is 4.00. The van der Waals surface area contributed by atoms with Crippen molar-refractivity contribution in [1.29, 1.82) is 0 Å². The molecule has 3 N–H and O–H groups in total. The predicted octanol–water partition coefficient (Wildman–Crippen LogP) is 4.05. The fraction of sp³-hybridized carbons (Fsp3) is 0.520. The van der Waals surface area contributed by atoms with Gasteiger partial charge in [-0.1, -0.05) is 24.3 Å². The number of aliphatic hydroxyl groups is 1. The minimum Gasteiger partial charge on any atom is -0.464 e. The number of nitrogens with zero attached hydrogens (tertiary/aromatic N) is 2. The van der Waals surface area contributed by atoms with Gasteiger partial charge in [-0.15, -0.1) is 0 Å². The zero-order valence-corrected chi connectivity index (χ0v) is 20.9. The molecule has 1 heterocycles. The first-order valence-corrected chi connectivity index (χ1v) is 13.0. The molecule has 0 bridgehead atoms. The zero-order chi connectivity index (χ0) is 24.3. The van der Waals surface area contributed by atoms with Gasteiger partial charge in [-0.2, -0.15) is 11.8 Å². The molecule has 2 atom stereocenters. The van der Waals surface area contributed by atoms with Crippen molar-refractivity contribution in [3.05, 3.63) is 81.2 Å². The first-order valence-electron chi connectivity index (χ1n) is 11.8. The molecule has 1 aliphatic rings. The molecule has 0 saturated carbocycles. The molecule has 0 spiro atoms. The summed E-state index contributed by atoms with van der Waals surface area (Å²) in [5.74, 6) is 3.99. The fourth-order valence-electron chi connectivity index (χ4n) is 4.33. The van der Waals surface area contributed by atoms with Gasteiger partial charge in [0.1, 0.15) is 17.7 Å². The smallest absolute Gasteiger partial charge is 0.274 e. The summed E-state index contributed by atoms with van der Waals surface area (Å²) < 4.78 is 5.80. The Morgan fingerprint density at radius 3 is 2.91 bits per heavy atom. The Bertz CT molecular complexity index is 947. The van der Waals surface area contributed by atoms with Crippen molar-refractivity contribution >= 4 is 11.8 Å². The Kier molecular flexibility index (Phi) is 10.3. The molecular formula is C25H36N4O4S. The van der Waals surface area contributed by atoms with Crippen LogP contribution in [0.25, 0.3) is 0 Å². The van der Waals surface area contributed by atoms with Gasteiger partial charge in [-0.25, -0.2) is 0 Å². The average Bonchev–Trinajstić information content (AvgIpc) is 3.23. The summed E-state index contributed by atoms with van der Waals surface area (Å²) in [4.78, 5) is 12.6. The van der Waals surface area contributed by atoms with E-state index in [0.717, 1.165) is 61.5 Å². The van der Waals surface area contributed by atoms with Crippen LogP contribution in [0.4, 0.5) is 0 Å². The Labute approximate surface area is 205 Å². The maximum Gasteiger partial charge on any atom is 0.274 e. The third-order valence-electron chi connectivity index (χ3n) is 5.83. The Morgan fingerprint density at radius 2 is 2.12 bits per heavy atom. The third kappa shape index (κ3) is 8.70. The number of rotatable bonds is 14. The van der Waals surface area contributed by atoms with Crippen molar-refractivity contribution in [3.8, 4) is 0 Å². The number of aryl methyl sites for hydroxylation is 1. The number of nitrogens with one attached hydrogen (secondary N) is 2. The highest BCUT2D eigenvalue weighted by molar-refractivity contribution is 7.98. The lowest BCUT2D eigenvalue weighted by atomic mass is 9.80. The molecule has 0 saturated heterocycles. The van der Waals surface area contributed by atoms with Crippen molar-refractivity contribution in [3.63, 3.8) is 0 Å². The van der Waals surface area contributed by atoms with Crippen molar-refractivity contribution in [1.82, 2.24) is 15.5 Å². The normalized spacial score (nSPS) is 16.8. The number of aliphatic hydroxyl groups excluding tert-OH is 1. The van der Waals surface area contributed by atoms with Crippen LogP contribution in [0.5, 0.6) is 0 Å². The Hall–Kier alpha value is -2.49. The molecule has 186 valence electrons. The van der Waals surface area contributed by atoms with Gasteiger partial charge in [-0.3, -0.25) is 10.1 Å². The van der Waals surface area contributed by atoms with Crippen LogP contribution in [0.3, 0.4) is 0 Å². The molecule has 1 aliphatic carbocycles. The number of nitro groups is 1. The lowest BCUT2D eigenvalue weighted by molar-refractivity contribution is -0.404. The van der Waals surface area contributed by atoms with E-state index < -0.39 is 11.2 Å². The summed E-state index contributed by atoms with van der Waals surface area (Å²) in [6.07, 6.45) is 4.78. The van der Waals surface area contributed by atoms with Crippen LogP contribution in [-0.2, 0) is 18.7 Å². The molecule has 9 heteroatoms. The maximum absolute atomic E-state index is 11.0. The standard InChI is InChI=1S/C25H36N4O4S/c1-28(2)16-21-11-12-22(33-21)18-34-15-14-26-24(17-29(31)32)27-25(30)13-10-20-8-5-7-19-6-3-4-9-23(19)20/h3-4,6,9,11-12,17,20,25-27,30H,5,7-8,10,13-16,18H2,1-2H3. The minimum absolute atomic E-state index is 0.230. The summed E-state index contributed by atoms with van der Waals surface area (Å²) in [5.41, 5.74) is 2.78. The highest BCUT2D eigenvalue weighted by atomic mass is 32.2. The topological polar surface area (TPSA) is 104 Å². The predicted molar refractivity (Wildman–Crippen MR) is 136 cm³/mol. The first-order chi connectivity index (χ1) is 16.4. The van der Waals surface area contributed by atoms with Gasteiger partial charge in [0.2, 0.25) is 0 Å². The second-order valence-corrected chi connectivity index (χ2v) is 10.0. The molecule has 3 rings (SSSR count). The molecule has 2 unspecified atom stereocenters. The van der Waals surface area contributed by atoms with E-state index in [9.17, 15) is 15.2 Å². The fourth-order valence-corrected chi connectivity index (χ4v) is 5.08. The summed E-state index contributed by atoms with van der Waals surface area (Å²) in [6, 6.07) is 12.5. The Balaban J connectivity index is 1.39. The van der Waals surface area contributed by atoms with E-state index in [-0.39, 0.29) is 5.82 Å². The van der Waals surface area contributed by atoms with Gasteiger partial charge >= 0.3 is 0 Å². The van der Waals surface area contributed by atoms with E-state index in [1.165, 1.54) is 11.1 Å². The van der Waals surface area contributed by atoms with Gasteiger partial charge in [0.15, 0.2) is 5.82 Å². The van der Waals surface area contributed by atoms with Gasteiger partial charge in [0.25, 0.3) is 6.20 Å². The first kappa shape index (κ1) is 26.1. The maximum atomic E-state index is 11.0. The molecule has 1 aromatic carbocycles. The van der Waals surface area contributed by atoms with Crippen molar-refractivity contribution in [2.75, 3.05) is 26.4 Å².